The number of nitrogens with zero attached hydrogens (tertiary/aromatic N) is 1. The standard InChI is InChI=1S/C24H28F3NO6S/c1-32-19-12-16(13-20(33-2)21(19)34-3)22(29)28-10-8-23(15-28,9-11-35(4,30)31)17-6-5-7-18(14-17)24(25,26)27/h5-7,12-14H,8-11,15H2,1-4H3. The highest BCUT2D eigenvalue weighted by molar-refractivity contribution is 7.90. The third-order valence-corrected chi connectivity index (χ3v) is 7.25. The fourth-order valence-corrected chi connectivity index (χ4v) is 5.18. The Hall–Kier alpha value is -2.95. The zero-order valence-corrected chi connectivity index (χ0v) is 20.8. The molecule has 3 rings (SSSR count). The molecule has 0 radical (unpaired) electrons. The van der Waals surface area contributed by atoms with E-state index in [4.69, 9.17) is 14.2 Å². The van der Waals surface area contributed by atoms with Gasteiger partial charge in [0, 0.05) is 30.3 Å². The van der Waals surface area contributed by atoms with Crippen molar-refractivity contribution in [2.75, 3.05) is 46.4 Å². The number of halogens is 3. The molecule has 1 amide bonds. The molecule has 35 heavy (non-hydrogen) atoms. The maximum absolute atomic E-state index is 13.4. The van der Waals surface area contributed by atoms with Crippen molar-refractivity contribution in [1.82, 2.24) is 4.90 Å². The van der Waals surface area contributed by atoms with Crippen LogP contribution < -0.4 is 14.2 Å². The van der Waals surface area contributed by atoms with Crippen LogP contribution in [0.4, 0.5) is 13.2 Å². The first-order chi connectivity index (χ1) is 16.3. The molecule has 2 aromatic carbocycles. The molecule has 0 aliphatic carbocycles. The second kappa shape index (κ2) is 9.96. The summed E-state index contributed by atoms with van der Waals surface area (Å²) < 4.78 is 79.9. The number of hydrogen-bond donors (Lipinski definition) is 0. The number of benzene rings is 2. The van der Waals surface area contributed by atoms with Crippen molar-refractivity contribution in [1.29, 1.82) is 0 Å². The van der Waals surface area contributed by atoms with E-state index in [0.717, 1.165) is 18.4 Å². The number of carbonyl (C=O) groups excluding carboxylic acids is 1. The molecule has 0 spiro atoms. The van der Waals surface area contributed by atoms with Gasteiger partial charge in [-0.05, 0) is 36.6 Å². The SMILES string of the molecule is COc1cc(C(=O)N2CCC(CCS(C)(=O)=O)(c3cccc(C(F)(F)F)c3)C2)cc(OC)c1OC. The molecular weight excluding hydrogens is 487 g/mol. The molecular formula is C24H28F3NO6S. The summed E-state index contributed by atoms with van der Waals surface area (Å²) in [5.41, 5.74) is -1.15. The Morgan fingerprint density at radius 3 is 2.20 bits per heavy atom. The van der Waals surface area contributed by atoms with Crippen LogP contribution >= 0.6 is 0 Å². The minimum atomic E-state index is -4.54. The third kappa shape index (κ3) is 5.83. The van der Waals surface area contributed by atoms with Crippen LogP contribution in [-0.2, 0) is 21.4 Å². The molecule has 0 aromatic heterocycles. The molecule has 1 saturated heterocycles. The molecule has 0 bridgehead atoms. The summed E-state index contributed by atoms with van der Waals surface area (Å²) in [7, 11) is 0.897. The average molecular weight is 516 g/mol. The van der Waals surface area contributed by atoms with E-state index in [9.17, 15) is 26.4 Å². The fraction of sp³-hybridized carbons (Fsp3) is 0.458. The quantitative estimate of drug-likeness (QED) is 0.530. The Balaban J connectivity index is 1.99. The highest BCUT2D eigenvalue weighted by atomic mass is 32.2. The first-order valence-electron chi connectivity index (χ1n) is 10.8. The average Bonchev–Trinajstić information content (AvgIpc) is 3.26. The van der Waals surface area contributed by atoms with Gasteiger partial charge in [-0.15, -0.1) is 0 Å². The summed E-state index contributed by atoms with van der Waals surface area (Å²) in [4.78, 5) is 14.9. The van der Waals surface area contributed by atoms with Crippen LogP contribution in [0.1, 0.15) is 34.3 Å². The smallest absolute Gasteiger partial charge is 0.416 e. The second-order valence-corrected chi connectivity index (χ2v) is 10.9. The molecule has 1 heterocycles. The number of likely N-dealkylation sites (tertiary alicyclic amines) is 1. The van der Waals surface area contributed by atoms with Crippen LogP contribution in [0.2, 0.25) is 0 Å². The van der Waals surface area contributed by atoms with E-state index in [1.165, 1.54) is 44.4 Å². The lowest BCUT2D eigenvalue weighted by Crippen LogP contribution is -2.36. The van der Waals surface area contributed by atoms with Gasteiger partial charge in [-0.25, -0.2) is 8.42 Å². The van der Waals surface area contributed by atoms with Gasteiger partial charge in [-0.1, -0.05) is 18.2 Å². The number of sulfone groups is 1. The minimum Gasteiger partial charge on any atom is -0.493 e. The van der Waals surface area contributed by atoms with Gasteiger partial charge in [0.2, 0.25) is 5.75 Å². The molecule has 192 valence electrons. The third-order valence-electron chi connectivity index (χ3n) is 6.31. The summed E-state index contributed by atoms with van der Waals surface area (Å²) in [6.45, 7) is 0.314. The normalized spacial score (nSPS) is 18.4. The molecule has 1 atom stereocenters. The largest absolute Gasteiger partial charge is 0.493 e. The molecule has 7 nitrogen and oxygen atoms in total. The van der Waals surface area contributed by atoms with Crippen LogP contribution in [-0.4, -0.2) is 65.7 Å². The second-order valence-electron chi connectivity index (χ2n) is 8.63. The van der Waals surface area contributed by atoms with Crippen molar-refractivity contribution in [3.63, 3.8) is 0 Å². The fourth-order valence-electron chi connectivity index (χ4n) is 4.42. The van der Waals surface area contributed by atoms with Gasteiger partial charge in [0.1, 0.15) is 9.84 Å². The van der Waals surface area contributed by atoms with E-state index in [1.54, 1.807) is 6.07 Å². The van der Waals surface area contributed by atoms with Crippen molar-refractivity contribution in [3.8, 4) is 17.2 Å². The number of methoxy groups -OCH3 is 3. The number of ether oxygens (including phenoxy) is 3. The topological polar surface area (TPSA) is 82.1 Å². The monoisotopic (exact) mass is 515 g/mol. The van der Waals surface area contributed by atoms with E-state index in [-0.39, 0.29) is 48.2 Å². The van der Waals surface area contributed by atoms with E-state index in [1.807, 2.05) is 0 Å². The lowest BCUT2D eigenvalue weighted by molar-refractivity contribution is -0.137. The zero-order chi connectivity index (χ0) is 26.0. The number of hydrogen-bond acceptors (Lipinski definition) is 6. The van der Waals surface area contributed by atoms with E-state index in [0.29, 0.717) is 17.7 Å². The predicted octanol–water partition coefficient (Wildman–Crippen LogP) is 3.95. The zero-order valence-electron chi connectivity index (χ0n) is 19.9. The van der Waals surface area contributed by atoms with Crippen LogP contribution in [0.25, 0.3) is 0 Å². The van der Waals surface area contributed by atoms with Gasteiger partial charge >= 0.3 is 6.18 Å². The number of alkyl halides is 3. The van der Waals surface area contributed by atoms with Crippen LogP contribution in [0.5, 0.6) is 17.2 Å². The number of amides is 1. The Morgan fingerprint density at radius 2 is 1.69 bits per heavy atom. The Morgan fingerprint density at radius 1 is 1.06 bits per heavy atom. The van der Waals surface area contributed by atoms with E-state index < -0.39 is 27.0 Å². The molecule has 1 unspecified atom stereocenters. The summed E-state index contributed by atoms with van der Waals surface area (Å²) in [5, 5.41) is 0. The van der Waals surface area contributed by atoms with Crippen LogP contribution in [0.15, 0.2) is 36.4 Å². The van der Waals surface area contributed by atoms with Gasteiger partial charge in [-0.3, -0.25) is 4.79 Å². The van der Waals surface area contributed by atoms with E-state index in [2.05, 4.69) is 0 Å². The summed E-state index contributed by atoms with van der Waals surface area (Å²) in [5.74, 6) is 0.304. The summed E-state index contributed by atoms with van der Waals surface area (Å²) >= 11 is 0. The maximum Gasteiger partial charge on any atom is 0.416 e. The van der Waals surface area contributed by atoms with Gasteiger partial charge in [0.05, 0.1) is 32.6 Å². The Bertz CT molecular complexity index is 1170. The predicted molar refractivity (Wildman–Crippen MR) is 124 cm³/mol. The first kappa shape index (κ1) is 26.7. The Kier molecular flexibility index (Phi) is 7.59. The Labute approximate surface area is 202 Å². The van der Waals surface area contributed by atoms with E-state index >= 15 is 0 Å². The van der Waals surface area contributed by atoms with Crippen molar-refractivity contribution in [3.05, 3.63) is 53.1 Å². The first-order valence-corrected chi connectivity index (χ1v) is 12.8. The van der Waals surface area contributed by atoms with Crippen molar-refractivity contribution >= 4 is 15.7 Å². The van der Waals surface area contributed by atoms with Crippen molar-refractivity contribution in [2.45, 2.75) is 24.4 Å². The van der Waals surface area contributed by atoms with Gasteiger partial charge < -0.3 is 19.1 Å². The van der Waals surface area contributed by atoms with Crippen LogP contribution in [0.3, 0.4) is 0 Å². The van der Waals surface area contributed by atoms with Gasteiger partial charge in [-0.2, -0.15) is 13.2 Å². The number of rotatable bonds is 8. The summed E-state index contributed by atoms with van der Waals surface area (Å²) in [6.07, 6.45) is -3.05. The maximum atomic E-state index is 13.4. The van der Waals surface area contributed by atoms with Gasteiger partial charge in [0.15, 0.2) is 11.5 Å². The van der Waals surface area contributed by atoms with Crippen molar-refractivity contribution < 1.29 is 40.6 Å². The molecule has 1 fully saturated rings. The molecule has 11 heteroatoms. The van der Waals surface area contributed by atoms with Gasteiger partial charge in [0.25, 0.3) is 5.91 Å². The lowest BCUT2D eigenvalue weighted by Gasteiger charge is -2.30. The highest BCUT2D eigenvalue weighted by Crippen LogP contribution is 2.42. The molecule has 2 aromatic rings. The van der Waals surface area contributed by atoms with Crippen LogP contribution in [0, 0.1) is 0 Å². The molecule has 0 N–H and O–H groups in total. The van der Waals surface area contributed by atoms with Crippen molar-refractivity contribution in [2.24, 2.45) is 0 Å². The molecule has 0 saturated carbocycles. The molecule has 1 aliphatic rings. The lowest BCUT2D eigenvalue weighted by atomic mass is 9.77. The summed E-state index contributed by atoms with van der Waals surface area (Å²) in [6, 6.07) is 7.90. The highest BCUT2D eigenvalue weighted by Gasteiger charge is 2.43. The number of carbonyl (C=O) groups is 1. The molecule has 1 aliphatic heterocycles. The minimum absolute atomic E-state index is 0.0688.